The van der Waals surface area contributed by atoms with Gasteiger partial charge in [0.15, 0.2) is 9.84 Å². The molecule has 2 rings (SSSR count). The molecule has 0 saturated heterocycles. The maximum atomic E-state index is 12.7. The van der Waals surface area contributed by atoms with Crippen LogP contribution in [0, 0.1) is 0 Å². The first-order valence-corrected chi connectivity index (χ1v) is 8.09. The highest BCUT2D eigenvalue weighted by Crippen LogP contribution is 2.43. The summed E-state index contributed by atoms with van der Waals surface area (Å²) in [5.41, 5.74) is -2.61. The standard InChI is InChI=1S/C13H15F3O3S/c1-20(18,19)11-6-3-7-12(11,17)9-4-2-5-10(8-9)13(14,15)16/h2,4-5,8,11,17H,3,6-7H2,1H3. The molecule has 0 bridgehead atoms. The molecule has 1 aromatic carbocycles. The molecule has 2 unspecified atom stereocenters. The highest BCUT2D eigenvalue weighted by Gasteiger charge is 2.48. The summed E-state index contributed by atoms with van der Waals surface area (Å²) in [5.74, 6) is 0. The molecule has 0 aromatic heterocycles. The maximum Gasteiger partial charge on any atom is 0.416 e. The van der Waals surface area contributed by atoms with E-state index in [1.165, 1.54) is 12.1 Å². The van der Waals surface area contributed by atoms with E-state index < -0.39 is 32.4 Å². The van der Waals surface area contributed by atoms with Crippen molar-refractivity contribution in [3.63, 3.8) is 0 Å². The van der Waals surface area contributed by atoms with E-state index in [0.29, 0.717) is 6.42 Å². The molecular weight excluding hydrogens is 293 g/mol. The van der Waals surface area contributed by atoms with Crippen molar-refractivity contribution in [2.24, 2.45) is 0 Å². The van der Waals surface area contributed by atoms with Crippen LogP contribution in [-0.4, -0.2) is 25.0 Å². The summed E-state index contributed by atoms with van der Waals surface area (Å²) < 4.78 is 61.6. The lowest BCUT2D eigenvalue weighted by molar-refractivity contribution is -0.137. The van der Waals surface area contributed by atoms with E-state index in [2.05, 4.69) is 0 Å². The largest absolute Gasteiger partial charge is 0.416 e. The minimum Gasteiger partial charge on any atom is -0.384 e. The Hall–Kier alpha value is -1.08. The van der Waals surface area contributed by atoms with Crippen LogP contribution in [0.3, 0.4) is 0 Å². The highest BCUT2D eigenvalue weighted by atomic mass is 32.2. The average molecular weight is 308 g/mol. The molecule has 1 aliphatic rings. The summed E-state index contributed by atoms with van der Waals surface area (Å²) in [5, 5.41) is 9.54. The summed E-state index contributed by atoms with van der Waals surface area (Å²) in [4.78, 5) is 0. The van der Waals surface area contributed by atoms with Crippen LogP contribution in [-0.2, 0) is 21.6 Å². The van der Waals surface area contributed by atoms with Crippen LogP contribution in [0.2, 0.25) is 0 Å². The number of benzene rings is 1. The van der Waals surface area contributed by atoms with Crippen LogP contribution in [0.5, 0.6) is 0 Å². The second-order valence-electron chi connectivity index (χ2n) is 5.21. The van der Waals surface area contributed by atoms with Gasteiger partial charge in [-0.3, -0.25) is 0 Å². The predicted octanol–water partition coefficient (Wildman–Crippen LogP) is 2.49. The minimum atomic E-state index is -4.52. The summed E-state index contributed by atoms with van der Waals surface area (Å²) in [7, 11) is -3.54. The quantitative estimate of drug-likeness (QED) is 0.913. The fourth-order valence-corrected chi connectivity index (χ4v) is 4.38. The molecule has 20 heavy (non-hydrogen) atoms. The van der Waals surface area contributed by atoms with Crippen molar-refractivity contribution in [3.8, 4) is 0 Å². The Balaban J connectivity index is 2.50. The predicted molar refractivity (Wildman–Crippen MR) is 67.8 cm³/mol. The number of alkyl halides is 3. The van der Waals surface area contributed by atoms with Gasteiger partial charge in [0.1, 0.15) is 5.60 Å². The SMILES string of the molecule is CS(=O)(=O)C1CCCC1(O)c1cccc(C(F)(F)F)c1. The maximum absolute atomic E-state index is 12.7. The lowest BCUT2D eigenvalue weighted by atomic mass is 9.90. The van der Waals surface area contributed by atoms with Gasteiger partial charge in [0, 0.05) is 6.26 Å². The molecule has 1 aromatic rings. The van der Waals surface area contributed by atoms with E-state index >= 15 is 0 Å². The van der Waals surface area contributed by atoms with E-state index in [4.69, 9.17) is 0 Å². The molecule has 1 fully saturated rings. The third-order valence-corrected chi connectivity index (χ3v) is 5.42. The number of rotatable bonds is 2. The molecule has 7 heteroatoms. The Morgan fingerprint density at radius 3 is 2.55 bits per heavy atom. The number of aliphatic hydroxyl groups is 1. The monoisotopic (exact) mass is 308 g/mol. The van der Waals surface area contributed by atoms with Gasteiger partial charge in [-0.15, -0.1) is 0 Å². The van der Waals surface area contributed by atoms with Crippen LogP contribution in [0.1, 0.15) is 30.4 Å². The minimum absolute atomic E-state index is 0.0141. The topological polar surface area (TPSA) is 54.4 Å². The molecule has 1 N–H and O–H groups in total. The molecule has 0 heterocycles. The van der Waals surface area contributed by atoms with E-state index in [1.54, 1.807) is 0 Å². The highest BCUT2D eigenvalue weighted by molar-refractivity contribution is 7.91. The van der Waals surface area contributed by atoms with Crippen LogP contribution < -0.4 is 0 Å². The fourth-order valence-electron chi connectivity index (χ4n) is 2.82. The summed E-state index contributed by atoms with van der Waals surface area (Å²) in [6, 6.07) is 4.27. The fraction of sp³-hybridized carbons (Fsp3) is 0.538. The number of halogens is 3. The Morgan fingerprint density at radius 1 is 1.35 bits per heavy atom. The molecule has 1 saturated carbocycles. The number of hydrogen-bond acceptors (Lipinski definition) is 3. The molecule has 0 radical (unpaired) electrons. The first kappa shape index (κ1) is 15.3. The van der Waals surface area contributed by atoms with Gasteiger partial charge >= 0.3 is 6.18 Å². The second kappa shape index (κ2) is 4.73. The van der Waals surface area contributed by atoms with Gasteiger partial charge in [-0.05, 0) is 37.0 Å². The van der Waals surface area contributed by atoms with Gasteiger partial charge < -0.3 is 5.11 Å². The Labute approximate surface area is 115 Å². The lowest BCUT2D eigenvalue weighted by Crippen LogP contribution is -2.39. The third kappa shape index (κ3) is 2.69. The zero-order valence-corrected chi connectivity index (χ0v) is 11.6. The van der Waals surface area contributed by atoms with Gasteiger partial charge in [0.05, 0.1) is 10.8 Å². The molecule has 3 nitrogen and oxygen atoms in total. The lowest BCUT2D eigenvalue weighted by Gasteiger charge is -2.30. The summed E-state index contributed by atoms with van der Waals surface area (Å²) in [6.45, 7) is 0. The van der Waals surface area contributed by atoms with Crippen molar-refractivity contribution in [2.75, 3.05) is 6.26 Å². The average Bonchev–Trinajstić information content (AvgIpc) is 2.72. The van der Waals surface area contributed by atoms with Gasteiger partial charge in [0.2, 0.25) is 0 Å². The first-order valence-electron chi connectivity index (χ1n) is 6.14. The zero-order chi connectivity index (χ0) is 15.2. The van der Waals surface area contributed by atoms with Gasteiger partial charge in [-0.2, -0.15) is 13.2 Å². The Morgan fingerprint density at radius 2 is 2.00 bits per heavy atom. The third-order valence-electron chi connectivity index (χ3n) is 3.76. The van der Waals surface area contributed by atoms with Crippen molar-refractivity contribution in [1.29, 1.82) is 0 Å². The van der Waals surface area contributed by atoms with Crippen molar-refractivity contribution in [2.45, 2.75) is 36.3 Å². The van der Waals surface area contributed by atoms with Crippen LogP contribution in [0.15, 0.2) is 24.3 Å². The first-order chi connectivity index (χ1) is 9.05. The van der Waals surface area contributed by atoms with Crippen LogP contribution >= 0.6 is 0 Å². The molecule has 0 spiro atoms. The zero-order valence-electron chi connectivity index (χ0n) is 10.8. The molecule has 112 valence electrons. The summed E-state index contributed by atoms with van der Waals surface area (Å²) >= 11 is 0. The van der Waals surface area contributed by atoms with Gasteiger partial charge in [-0.25, -0.2) is 8.42 Å². The van der Waals surface area contributed by atoms with E-state index in [0.717, 1.165) is 18.4 Å². The summed E-state index contributed by atoms with van der Waals surface area (Å²) in [6.07, 6.45) is -2.66. The van der Waals surface area contributed by atoms with Crippen molar-refractivity contribution in [3.05, 3.63) is 35.4 Å². The molecule has 0 aliphatic heterocycles. The van der Waals surface area contributed by atoms with Crippen molar-refractivity contribution in [1.82, 2.24) is 0 Å². The van der Waals surface area contributed by atoms with Gasteiger partial charge in [0.25, 0.3) is 0 Å². The van der Waals surface area contributed by atoms with Crippen molar-refractivity contribution < 1.29 is 26.7 Å². The molecule has 2 atom stereocenters. The van der Waals surface area contributed by atoms with Crippen LogP contribution in [0.25, 0.3) is 0 Å². The number of hydrogen-bond donors (Lipinski definition) is 1. The molecule has 0 amide bonds. The Kier molecular flexibility index (Phi) is 3.62. The van der Waals surface area contributed by atoms with E-state index in [9.17, 15) is 26.7 Å². The van der Waals surface area contributed by atoms with E-state index in [1.807, 2.05) is 0 Å². The normalized spacial score (nSPS) is 27.8. The van der Waals surface area contributed by atoms with Gasteiger partial charge in [-0.1, -0.05) is 12.1 Å². The van der Waals surface area contributed by atoms with Crippen molar-refractivity contribution >= 4 is 9.84 Å². The van der Waals surface area contributed by atoms with Crippen LogP contribution in [0.4, 0.5) is 13.2 Å². The van der Waals surface area contributed by atoms with E-state index in [-0.39, 0.29) is 18.4 Å². The number of sulfone groups is 1. The molecular formula is C13H15F3O3S. The second-order valence-corrected chi connectivity index (χ2v) is 7.44. The molecule has 1 aliphatic carbocycles. The Bertz CT molecular complexity index is 610. The smallest absolute Gasteiger partial charge is 0.384 e.